The first-order valence-corrected chi connectivity index (χ1v) is 6.82. The van der Waals surface area contributed by atoms with Crippen LogP contribution in [0.1, 0.15) is 43.2 Å². The molecule has 0 unspecified atom stereocenters. The molecular weight excluding hydrogens is 206 g/mol. The first-order valence-electron chi connectivity index (χ1n) is 6.82. The number of rotatable bonds is 1. The maximum Gasteiger partial charge on any atom is 0.0699 e. The maximum absolute atomic E-state index is 9.69. The Bertz CT molecular complexity index is 424. The van der Waals surface area contributed by atoms with Crippen LogP contribution < -0.4 is 0 Å². The normalized spacial score (nSPS) is 23.0. The van der Waals surface area contributed by atoms with E-state index in [1.807, 2.05) is 0 Å². The van der Waals surface area contributed by atoms with Crippen molar-refractivity contribution in [3.8, 4) is 6.07 Å². The highest BCUT2D eigenvalue weighted by Crippen LogP contribution is 2.47. The van der Waals surface area contributed by atoms with Gasteiger partial charge in [-0.15, -0.1) is 0 Å². The molecule has 0 radical (unpaired) electrons. The summed E-state index contributed by atoms with van der Waals surface area (Å²) in [5.74, 6) is 0.633. The van der Waals surface area contributed by atoms with Crippen LogP contribution in [0.3, 0.4) is 0 Å². The van der Waals surface area contributed by atoms with E-state index in [2.05, 4.69) is 30.3 Å². The topological polar surface area (TPSA) is 23.8 Å². The van der Waals surface area contributed by atoms with Gasteiger partial charge in [0, 0.05) is 0 Å². The molecule has 0 bridgehead atoms. The summed E-state index contributed by atoms with van der Waals surface area (Å²) < 4.78 is 0. The summed E-state index contributed by atoms with van der Waals surface area (Å²) in [6, 6.07) is 11.3. The number of nitrogens with zero attached hydrogens (tertiary/aromatic N) is 1. The van der Waals surface area contributed by atoms with Gasteiger partial charge in [-0.2, -0.15) is 5.26 Å². The van der Waals surface area contributed by atoms with Crippen LogP contribution in [0.4, 0.5) is 0 Å². The molecule has 1 aromatic rings. The molecule has 1 saturated carbocycles. The van der Waals surface area contributed by atoms with Crippen molar-refractivity contribution in [2.75, 3.05) is 0 Å². The largest absolute Gasteiger partial charge is 0.198 e. The van der Waals surface area contributed by atoms with Crippen LogP contribution >= 0.6 is 0 Å². The first kappa shape index (κ1) is 10.8. The van der Waals surface area contributed by atoms with E-state index in [1.165, 1.54) is 43.2 Å². The van der Waals surface area contributed by atoms with Crippen LogP contribution in [0.15, 0.2) is 24.3 Å². The highest BCUT2D eigenvalue weighted by molar-refractivity contribution is 5.37. The van der Waals surface area contributed by atoms with E-state index in [0.29, 0.717) is 5.92 Å². The Hall–Kier alpha value is -1.29. The highest BCUT2D eigenvalue weighted by Gasteiger charge is 2.43. The van der Waals surface area contributed by atoms with Crippen molar-refractivity contribution in [1.82, 2.24) is 0 Å². The molecule has 0 aromatic heterocycles. The molecule has 1 nitrogen and oxygen atoms in total. The molecule has 0 amide bonds. The van der Waals surface area contributed by atoms with Crippen LogP contribution in [-0.2, 0) is 12.8 Å². The van der Waals surface area contributed by atoms with Crippen molar-refractivity contribution in [1.29, 1.82) is 5.26 Å². The van der Waals surface area contributed by atoms with Gasteiger partial charge in [0.15, 0.2) is 0 Å². The lowest BCUT2D eigenvalue weighted by atomic mass is 9.68. The summed E-state index contributed by atoms with van der Waals surface area (Å²) in [5.41, 5.74) is 2.75. The number of fused-ring (bicyclic) bond motifs is 1. The standard InChI is InChI=1S/C16H19N/c17-12-16(15-8-2-1-3-9-15)10-13-6-4-5-7-14(13)11-16/h4-7,15H,1-3,8-11H2. The van der Waals surface area contributed by atoms with Gasteiger partial charge in [-0.25, -0.2) is 0 Å². The molecule has 0 saturated heterocycles. The number of hydrogen-bond donors (Lipinski definition) is 0. The van der Waals surface area contributed by atoms with Gasteiger partial charge in [-0.05, 0) is 42.7 Å². The Kier molecular flexibility index (Phi) is 2.67. The number of benzene rings is 1. The quantitative estimate of drug-likeness (QED) is 0.711. The molecule has 1 fully saturated rings. The van der Waals surface area contributed by atoms with Gasteiger partial charge in [0.25, 0.3) is 0 Å². The molecule has 0 N–H and O–H groups in total. The van der Waals surface area contributed by atoms with E-state index in [1.54, 1.807) is 0 Å². The van der Waals surface area contributed by atoms with E-state index in [-0.39, 0.29) is 5.41 Å². The zero-order valence-electron chi connectivity index (χ0n) is 10.3. The van der Waals surface area contributed by atoms with Gasteiger partial charge in [0.05, 0.1) is 11.5 Å². The van der Waals surface area contributed by atoms with Gasteiger partial charge in [0.1, 0.15) is 0 Å². The summed E-state index contributed by atoms with van der Waals surface area (Å²) in [6.45, 7) is 0. The molecule has 2 aliphatic carbocycles. The summed E-state index contributed by atoms with van der Waals surface area (Å²) in [4.78, 5) is 0. The lowest BCUT2D eigenvalue weighted by Gasteiger charge is -2.34. The average Bonchev–Trinajstić information content (AvgIpc) is 2.79. The maximum atomic E-state index is 9.69. The Labute approximate surface area is 103 Å². The fourth-order valence-corrected chi connectivity index (χ4v) is 3.76. The SMILES string of the molecule is N#CC1(C2CCCCC2)Cc2ccccc2C1. The van der Waals surface area contributed by atoms with Crippen LogP contribution in [0.2, 0.25) is 0 Å². The minimum atomic E-state index is -0.0793. The van der Waals surface area contributed by atoms with E-state index in [4.69, 9.17) is 0 Å². The third-order valence-electron chi connectivity index (χ3n) is 4.74. The molecule has 2 aliphatic rings. The van der Waals surface area contributed by atoms with Crippen molar-refractivity contribution in [3.05, 3.63) is 35.4 Å². The van der Waals surface area contributed by atoms with Gasteiger partial charge < -0.3 is 0 Å². The molecule has 0 heterocycles. The second kappa shape index (κ2) is 4.18. The molecule has 3 rings (SSSR count). The Morgan fingerprint density at radius 3 is 2.12 bits per heavy atom. The summed E-state index contributed by atoms with van der Waals surface area (Å²) in [5, 5.41) is 9.69. The number of nitriles is 1. The zero-order chi connectivity index (χ0) is 11.7. The van der Waals surface area contributed by atoms with Gasteiger partial charge in [0.2, 0.25) is 0 Å². The Morgan fingerprint density at radius 1 is 1.00 bits per heavy atom. The van der Waals surface area contributed by atoms with E-state index >= 15 is 0 Å². The predicted octanol–water partition coefficient (Wildman–Crippen LogP) is 3.88. The van der Waals surface area contributed by atoms with Crippen molar-refractivity contribution < 1.29 is 0 Å². The third-order valence-corrected chi connectivity index (χ3v) is 4.74. The summed E-state index contributed by atoms with van der Waals surface area (Å²) >= 11 is 0. The Morgan fingerprint density at radius 2 is 1.59 bits per heavy atom. The predicted molar refractivity (Wildman–Crippen MR) is 68.5 cm³/mol. The molecule has 1 aromatic carbocycles. The van der Waals surface area contributed by atoms with Crippen molar-refractivity contribution in [2.45, 2.75) is 44.9 Å². The fourth-order valence-electron chi connectivity index (χ4n) is 3.76. The van der Waals surface area contributed by atoms with Gasteiger partial charge in [-0.1, -0.05) is 43.5 Å². The average molecular weight is 225 g/mol. The van der Waals surface area contributed by atoms with E-state index in [9.17, 15) is 5.26 Å². The van der Waals surface area contributed by atoms with Crippen molar-refractivity contribution in [3.63, 3.8) is 0 Å². The summed E-state index contributed by atoms with van der Waals surface area (Å²) in [6.07, 6.45) is 8.53. The van der Waals surface area contributed by atoms with Crippen LogP contribution in [-0.4, -0.2) is 0 Å². The molecular formula is C16H19N. The monoisotopic (exact) mass is 225 g/mol. The lowest BCUT2D eigenvalue weighted by molar-refractivity contribution is 0.188. The van der Waals surface area contributed by atoms with Crippen molar-refractivity contribution in [2.24, 2.45) is 11.3 Å². The van der Waals surface area contributed by atoms with Gasteiger partial charge in [-0.3, -0.25) is 0 Å². The van der Waals surface area contributed by atoms with Crippen LogP contribution in [0, 0.1) is 22.7 Å². The molecule has 0 spiro atoms. The second-order valence-corrected chi connectivity index (χ2v) is 5.73. The second-order valence-electron chi connectivity index (χ2n) is 5.73. The Balaban J connectivity index is 1.89. The highest BCUT2D eigenvalue weighted by atomic mass is 14.5. The fraction of sp³-hybridized carbons (Fsp3) is 0.562. The lowest BCUT2D eigenvalue weighted by Crippen LogP contribution is -2.31. The molecule has 17 heavy (non-hydrogen) atoms. The minimum Gasteiger partial charge on any atom is -0.198 e. The first-order chi connectivity index (χ1) is 8.34. The molecule has 88 valence electrons. The number of hydrogen-bond acceptors (Lipinski definition) is 1. The van der Waals surface area contributed by atoms with Crippen LogP contribution in [0.5, 0.6) is 0 Å². The smallest absolute Gasteiger partial charge is 0.0699 e. The van der Waals surface area contributed by atoms with Crippen LogP contribution in [0.25, 0.3) is 0 Å². The van der Waals surface area contributed by atoms with Crippen molar-refractivity contribution >= 4 is 0 Å². The summed E-state index contributed by atoms with van der Waals surface area (Å²) in [7, 11) is 0. The third kappa shape index (κ3) is 1.76. The van der Waals surface area contributed by atoms with E-state index < -0.39 is 0 Å². The molecule has 1 heteroatoms. The van der Waals surface area contributed by atoms with E-state index in [0.717, 1.165) is 12.8 Å². The molecule has 0 aliphatic heterocycles. The minimum absolute atomic E-state index is 0.0793. The molecule has 0 atom stereocenters. The van der Waals surface area contributed by atoms with Gasteiger partial charge >= 0.3 is 0 Å². The zero-order valence-corrected chi connectivity index (χ0v) is 10.3.